The fourth-order valence-electron chi connectivity index (χ4n) is 2.48. The fraction of sp³-hybridized carbons (Fsp3) is 0.643. The van der Waals surface area contributed by atoms with Crippen LogP contribution in [-0.4, -0.2) is 30.3 Å². The normalized spacial score (nSPS) is 16.2. The molecule has 0 amide bonds. The molecule has 0 radical (unpaired) electrons. The van der Waals surface area contributed by atoms with Crippen LogP contribution in [0, 0.1) is 0 Å². The van der Waals surface area contributed by atoms with E-state index in [0.29, 0.717) is 19.4 Å². The topological polar surface area (TPSA) is 56.1 Å². The van der Waals surface area contributed by atoms with Crippen LogP contribution < -0.4 is 0 Å². The van der Waals surface area contributed by atoms with Gasteiger partial charge in [0.05, 0.1) is 5.75 Å². The van der Waals surface area contributed by atoms with Crippen molar-refractivity contribution >= 4 is 15.6 Å². The van der Waals surface area contributed by atoms with Gasteiger partial charge in [0, 0.05) is 36.7 Å². The predicted octanol–water partition coefficient (Wildman–Crippen LogP) is 2.22. The molecule has 0 spiro atoms. The number of aromatic nitrogens is 1. The third-order valence-electron chi connectivity index (χ3n) is 3.67. The molecule has 0 saturated carbocycles. The molecular weight excluding hydrogens is 262 g/mol. The van der Waals surface area contributed by atoms with Crippen molar-refractivity contribution in [1.82, 2.24) is 4.57 Å². The number of fused-ring (bicyclic) bond motifs is 1. The van der Waals surface area contributed by atoms with Crippen molar-refractivity contribution in [2.45, 2.75) is 45.6 Å². The van der Waals surface area contributed by atoms with E-state index in [9.17, 15) is 13.2 Å². The Labute approximate surface area is 114 Å². The number of hydrogen-bond acceptors (Lipinski definition) is 3. The van der Waals surface area contributed by atoms with Crippen LogP contribution in [0.25, 0.3) is 0 Å². The highest BCUT2D eigenvalue weighted by atomic mass is 32.2. The van der Waals surface area contributed by atoms with E-state index in [2.05, 4.69) is 0 Å². The Balaban J connectivity index is 1.99. The van der Waals surface area contributed by atoms with Crippen molar-refractivity contribution in [3.8, 4) is 0 Å². The molecule has 0 bridgehead atoms. The van der Waals surface area contributed by atoms with E-state index >= 15 is 0 Å². The van der Waals surface area contributed by atoms with Crippen LogP contribution in [0.15, 0.2) is 12.4 Å². The van der Waals surface area contributed by atoms with E-state index in [1.165, 1.54) is 0 Å². The average molecular weight is 283 g/mol. The van der Waals surface area contributed by atoms with E-state index in [4.69, 9.17) is 0 Å². The minimum atomic E-state index is -2.89. The maximum Gasteiger partial charge on any atom is 0.164 e. The maximum atomic E-state index is 11.9. The van der Waals surface area contributed by atoms with E-state index in [1.54, 1.807) is 6.92 Å². The number of rotatable bonds is 5. The largest absolute Gasteiger partial charge is 0.353 e. The summed E-state index contributed by atoms with van der Waals surface area (Å²) in [6.45, 7) is 2.34. The van der Waals surface area contributed by atoms with E-state index in [0.717, 1.165) is 30.4 Å². The zero-order chi connectivity index (χ0) is 13.9. The molecular formula is C14H21NO3S. The molecule has 1 aromatic heterocycles. The van der Waals surface area contributed by atoms with Gasteiger partial charge in [0.15, 0.2) is 5.78 Å². The lowest BCUT2D eigenvalue weighted by atomic mass is 10.1. The third-order valence-corrected chi connectivity index (χ3v) is 5.46. The second-order valence-corrected chi connectivity index (χ2v) is 7.63. The molecule has 5 heteroatoms. The van der Waals surface area contributed by atoms with Gasteiger partial charge >= 0.3 is 0 Å². The van der Waals surface area contributed by atoms with Crippen LogP contribution in [0.1, 0.15) is 48.5 Å². The molecule has 0 aliphatic heterocycles. The van der Waals surface area contributed by atoms with Gasteiger partial charge in [-0.05, 0) is 31.2 Å². The van der Waals surface area contributed by atoms with Gasteiger partial charge in [-0.3, -0.25) is 4.79 Å². The number of nitrogens with zero attached hydrogens (tertiary/aromatic N) is 1. The second kappa shape index (κ2) is 5.90. The lowest BCUT2D eigenvalue weighted by Gasteiger charge is -2.03. The Morgan fingerprint density at radius 1 is 1.21 bits per heavy atom. The quantitative estimate of drug-likeness (QED) is 0.779. The molecule has 19 heavy (non-hydrogen) atoms. The summed E-state index contributed by atoms with van der Waals surface area (Å²) in [7, 11) is -2.89. The van der Waals surface area contributed by atoms with E-state index in [1.807, 2.05) is 17.0 Å². The smallest absolute Gasteiger partial charge is 0.164 e. The summed E-state index contributed by atoms with van der Waals surface area (Å²) in [5.41, 5.74) is 1.97. The van der Waals surface area contributed by atoms with E-state index in [-0.39, 0.29) is 17.3 Å². The third kappa shape index (κ3) is 3.69. The van der Waals surface area contributed by atoms with Crippen molar-refractivity contribution in [2.24, 2.45) is 0 Å². The minimum absolute atomic E-state index is 0.202. The highest BCUT2D eigenvalue weighted by Gasteiger charge is 2.17. The van der Waals surface area contributed by atoms with Crippen LogP contribution in [0.4, 0.5) is 0 Å². The van der Waals surface area contributed by atoms with Gasteiger partial charge in [0.1, 0.15) is 9.84 Å². The molecule has 0 fully saturated rings. The number of hydrogen-bond donors (Lipinski definition) is 0. The van der Waals surface area contributed by atoms with Crippen LogP contribution in [0.3, 0.4) is 0 Å². The summed E-state index contributed by atoms with van der Waals surface area (Å²) in [5.74, 6) is 0.654. The summed E-state index contributed by atoms with van der Waals surface area (Å²) in [5, 5.41) is 0. The van der Waals surface area contributed by atoms with Crippen LogP contribution in [0.2, 0.25) is 0 Å². The first-order valence-corrected chi connectivity index (χ1v) is 8.76. The number of aryl methyl sites for hydroxylation is 2. The Bertz CT molecular complexity index is 557. The van der Waals surface area contributed by atoms with Gasteiger partial charge in [-0.2, -0.15) is 0 Å². The Kier molecular flexibility index (Phi) is 4.45. The number of carbonyl (C=O) groups is 1. The van der Waals surface area contributed by atoms with Crippen LogP contribution in [0.5, 0.6) is 0 Å². The molecule has 0 atom stereocenters. The first-order valence-electron chi connectivity index (χ1n) is 6.94. The molecule has 106 valence electrons. The summed E-state index contributed by atoms with van der Waals surface area (Å²) in [4.78, 5) is 11.9. The number of ketones is 1. The predicted molar refractivity (Wildman–Crippen MR) is 75.3 cm³/mol. The first-order chi connectivity index (χ1) is 9.02. The molecule has 0 aromatic carbocycles. The molecule has 1 aliphatic carbocycles. The van der Waals surface area contributed by atoms with Crippen molar-refractivity contribution in [2.75, 3.05) is 11.5 Å². The lowest BCUT2D eigenvalue weighted by molar-refractivity contribution is 0.0982. The molecule has 4 nitrogen and oxygen atoms in total. The molecule has 1 aromatic rings. The van der Waals surface area contributed by atoms with Gasteiger partial charge in [0.2, 0.25) is 0 Å². The van der Waals surface area contributed by atoms with Gasteiger partial charge in [-0.25, -0.2) is 8.42 Å². The molecule has 0 N–H and O–H groups in total. The molecule has 0 saturated heterocycles. The maximum absolute atomic E-state index is 11.9. The zero-order valence-electron chi connectivity index (χ0n) is 11.4. The van der Waals surface area contributed by atoms with Crippen LogP contribution >= 0.6 is 0 Å². The monoisotopic (exact) mass is 283 g/mol. The Morgan fingerprint density at radius 3 is 2.68 bits per heavy atom. The summed E-state index contributed by atoms with van der Waals surface area (Å²) in [6.07, 6.45) is 8.15. The minimum Gasteiger partial charge on any atom is -0.353 e. The van der Waals surface area contributed by atoms with Crippen molar-refractivity contribution in [3.05, 3.63) is 23.5 Å². The highest BCUT2D eigenvalue weighted by molar-refractivity contribution is 7.91. The van der Waals surface area contributed by atoms with Gasteiger partial charge in [-0.15, -0.1) is 0 Å². The van der Waals surface area contributed by atoms with Gasteiger partial charge in [0.25, 0.3) is 0 Å². The summed E-state index contributed by atoms with van der Waals surface area (Å²) >= 11 is 0. The van der Waals surface area contributed by atoms with Crippen molar-refractivity contribution in [1.29, 1.82) is 0 Å². The Hall–Kier alpha value is -1.10. The number of Topliss-reactive ketones (excluding diaryl/α,β-unsaturated/α-hetero) is 1. The lowest BCUT2D eigenvalue weighted by Crippen LogP contribution is -2.10. The molecule has 1 aliphatic rings. The zero-order valence-corrected chi connectivity index (χ0v) is 12.2. The van der Waals surface area contributed by atoms with Crippen LogP contribution in [-0.2, 0) is 22.8 Å². The van der Waals surface area contributed by atoms with Crippen molar-refractivity contribution < 1.29 is 13.2 Å². The Morgan fingerprint density at radius 2 is 1.95 bits per heavy atom. The van der Waals surface area contributed by atoms with E-state index < -0.39 is 9.84 Å². The fourth-order valence-corrected chi connectivity index (χ4v) is 3.34. The first kappa shape index (κ1) is 14.3. The highest BCUT2D eigenvalue weighted by Crippen LogP contribution is 2.21. The molecule has 1 heterocycles. The van der Waals surface area contributed by atoms with Gasteiger partial charge in [-0.1, -0.05) is 6.92 Å². The molecule has 2 rings (SSSR count). The number of sulfone groups is 1. The molecule has 0 unspecified atom stereocenters. The number of carbonyl (C=O) groups excluding carboxylic acids is 1. The average Bonchev–Trinajstić information content (AvgIpc) is 2.70. The second-order valence-electron chi connectivity index (χ2n) is 5.16. The SMILES string of the molecule is CCS(=O)(=O)CCCn1cc2c(c1)C(=O)CCCC2. The standard InChI is InChI=1S/C14H21NO3S/c1-2-19(17,18)9-5-8-15-10-12-6-3-4-7-14(16)13(12)11-15/h10-11H,2-9H2,1H3. The summed E-state index contributed by atoms with van der Waals surface area (Å²) in [6, 6.07) is 0. The summed E-state index contributed by atoms with van der Waals surface area (Å²) < 4.78 is 24.8. The van der Waals surface area contributed by atoms with Gasteiger partial charge < -0.3 is 4.57 Å². The van der Waals surface area contributed by atoms with Crippen molar-refractivity contribution in [3.63, 3.8) is 0 Å².